The van der Waals surface area contributed by atoms with Crippen molar-refractivity contribution in [2.75, 3.05) is 19.7 Å². The maximum Gasteiger partial charge on any atom is 0.237 e. The number of piperidine rings is 1. The molecule has 2 fully saturated rings. The Labute approximate surface area is 116 Å². The molecule has 1 unspecified atom stereocenters. The van der Waals surface area contributed by atoms with Crippen LogP contribution in [0.1, 0.15) is 57.8 Å². The molecule has 2 aliphatic rings. The van der Waals surface area contributed by atoms with Gasteiger partial charge < -0.3 is 15.4 Å². The van der Waals surface area contributed by atoms with Crippen LogP contribution in [-0.4, -0.2) is 37.7 Å². The lowest BCUT2D eigenvalue weighted by Gasteiger charge is -2.22. The normalized spacial score (nSPS) is 25.8. The molecule has 4 heteroatoms. The average Bonchev–Trinajstić information content (AvgIpc) is 2.73. The second kappa shape index (κ2) is 8.54. The van der Waals surface area contributed by atoms with Gasteiger partial charge >= 0.3 is 0 Å². The average molecular weight is 268 g/mol. The van der Waals surface area contributed by atoms with Crippen LogP contribution in [0.4, 0.5) is 0 Å². The van der Waals surface area contributed by atoms with Crippen molar-refractivity contribution in [3.8, 4) is 0 Å². The monoisotopic (exact) mass is 268 g/mol. The number of carbonyl (C=O) groups excluding carboxylic acids is 1. The van der Waals surface area contributed by atoms with Crippen molar-refractivity contribution in [3.63, 3.8) is 0 Å². The summed E-state index contributed by atoms with van der Waals surface area (Å²) in [6.07, 6.45) is 11.4. The number of hydrogen-bond acceptors (Lipinski definition) is 3. The van der Waals surface area contributed by atoms with E-state index >= 15 is 0 Å². The van der Waals surface area contributed by atoms with Gasteiger partial charge in [0.05, 0.1) is 18.8 Å². The van der Waals surface area contributed by atoms with E-state index < -0.39 is 0 Å². The summed E-state index contributed by atoms with van der Waals surface area (Å²) in [4.78, 5) is 11.9. The maximum absolute atomic E-state index is 11.9. The molecule has 0 spiro atoms. The summed E-state index contributed by atoms with van der Waals surface area (Å²) < 4.78 is 5.87. The summed E-state index contributed by atoms with van der Waals surface area (Å²) in [6.45, 7) is 2.27. The van der Waals surface area contributed by atoms with Gasteiger partial charge in [0.1, 0.15) is 0 Å². The minimum Gasteiger partial charge on any atom is -0.376 e. The molecule has 2 rings (SSSR count). The zero-order chi connectivity index (χ0) is 13.3. The molecule has 110 valence electrons. The van der Waals surface area contributed by atoms with Gasteiger partial charge in [-0.25, -0.2) is 0 Å². The summed E-state index contributed by atoms with van der Waals surface area (Å²) in [5.74, 6) is 0.143. The molecule has 1 heterocycles. The van der Waals surface area contributed by atoms with E-state index in [9.17, 15) is 4.79 Å². The Hall–Kier alpha value is -0.610. The molecule has 1 aliphatic carbocycles. The van der Waals surface area contributed by atoms with Crippen LogP contribution in [0.2, 0.25) is 0 Å². The van der Waals surface area contributed by atoms with Gasteiger partial charge in [-0.05, 0) is 32.2 Å². The minimum atomic E-state index is 0.0200. The first kappa shape index (κ1) is 14.8. The molecule has 1 aliphatic heterocycles. The predicted octanol–water partition coefficient (Wildman–Crippen LogP) is 1.98. The molecule has 1 amide bonds. The van der Waals surface area contributed by atoms with Crippen molar-refractivity contribution in [1.29, 1.82) is 0 Å². The topological polar surface area (TPSA) is 50.4 Å². The number of amides is 1. The smallest absolute Gasteiger partial charge is 0.237 e. The van der Waals surface area contributed by atoms with Gasteiger partial charge in [-0.2, -0.15) is 0 Å². The van der Waals surface area contributed by atoms with Crippen LogP contribution in [0, 0.1) is 0 Å². The first-order valence-electron chi connectivity index (χ1n) is 7.99. The number of hydrogen-bond donors (Lipinski definition) is 2. The minimum absolute atomic E-state index is 0.0200. The van der Waals surface area contributed by atoms with Crippen LogP contribution in [0.15, 0.2) is 0 Å². The molecule has 1 saturated heterocycles. The Morgan fingerprint density at radius 2 is 1.79 bits per heavy atom. The molecule has 19 heavy (non-hydrogen) atoms. The SMILES string of the molecule is O=C(NCCOC1CCCCCC1)C1CCCCN1. The third-order valence-corrected chi connectivity index (χ3v) is 4.18. The molecule has 0 bridgehead atoms. The van der Waals surface area contributed by atoms with E-state index in [1.807, 2.05) is 0 Å². The predicted molar refractivity (Wildman–Crippen MR) is 76.1 cm³/mol. The summed E-state index contributed by atoms with van der Waals surface area (Å²) in [5.41, 5.74) is 0. The van der Waals surface area contributed by atoms with Gasteiger partial charge in [0.15, 0.2) is 0 Å². The number of nitrogens with one attached hydrogen (secondary N) is 2. The van der Waals surface area contributed by atoms with Crippen molar-refractivity contribution in [1.82, 2.24) is 10.6 Å². The van der Waals surface area contributed by atoms with Crippen molar-refractivity contribution in [2.24, 2.45) is 0 Å². The van der Waals surface area contributed by atoms with E-state index in [4.69, 9.17) is 4.74 Å². The number of rotatable bonds is 5. The molecule has 0 aromatic rings. The van der Waals surface area contributed by atoms with E-state index in [0.717, 1.165) is 19.4 Å². The highest BCUT2D eigenvalue weighted by Gasteiger charge is 2.20. The van der Waals surface area contributed by atoms with Crippen molar-refractivity contribution < 1.29 is 9.53 Å². The third-order valence-electron chi connectivity index (χ3n) is 4.18. The highest BCUT2D eigenvalue weighted by atomic mass is 16.5. The summed E-state index contributed by atoms with van der Waals surface area (Å²) in [6, 6.07) is 0.0200. The van der Waals surface area contributed by atoms with E-state index in [0.29, 0.717) is 19.3 Å². The quantitative estimate of drug-likeness (QED) is 0.592. The highest BCUT2D eigenvalue weighted by Crippen LogP contribution is 2.19. The van der Waals surface area contributed by atoms with Crippen molar-refractivity contribution in [3.05, 3.63) is 0 Å². The van der Waals surface area contributed by atoms with E-state index in [1.165, 1.54) is 44.9 Å². The lowest BCUT2D eigenvalue weighted by molar-refractivity contribution is -0.124. The second-order valence-corrected chi connectivity index (χ2v) is 5.78. The van der Waals surface area contributed by atoms with E-state index in [-0.39, 0.29) is 11.9 Å². The Morgan fingerprint density at radius 1 is 1.05 bits per heavy atom. The van der Waals surface area contributed by atoms with Crippen LogP contribution in [-0.2, 0) is 9.53 Å². The first-order valence-corrected chi connectivity index (χ1v) is 7.99. The Morgan fingerprint density at radius 3 is 2.47 bits per heavy atom. The second-order valence-electron chi connectivity index (χ2n) is 5.78. The largest absolute Gasteiger partial charge is 0.376 e. The van der Waals surface area contributed by atoms with Gasteiger partial charge in [-0.15, -0.1) is 0 Å². The zero-order valence-corrected chi connectivity index (χ0v) is 12.0. The van der Waals surface area contributed by atoms with Gasteiger partial charge in [0.25, 0.3) is 0 Å². The molecule has 0 aromatic heterocycles. The Kier molecular flexibility index (Phi) is 6.65. The van der Waals surface area contributed by atoms with Gasteiger partial charge in [-0.3, -0.25) is 4.79 Å². The highest BCUT2D eigenvalue weighted by molar-refractivity contribution is 5.81. The summed E-state index contributed by atoms with van der Waals surface area (Å²) in [5, 5.41) is 6.25. The molecule has 1 atom stereocenters. The van der Waals surface area contributed by atoms with E-state index in [1.54, 1.807) is 0 Å². The number of carbonyl (C=O) groups is 1. The standard InChI is InChI=1S/C15H28N2O2/c18-15(14-9-5-6-10-16-14)17-11-12-19-13-7-3-1-2-4-8-13/h13-14,16H,1-12H2,(H,17,18). The van der Waals surface area contributed by atoms with Gasteiger partial charge in [-0.1, -0.05) is 32.1 Å². The molecule has 0 radical (unpaired) electrons. The van der Waals surface area contributed by atoms with Crippen molar-refractivity contribution >= 4 is 5.91 Å². The Balaban J connectivity index is 1.54. The van der Waals surface area contributed by atoms with Crippen LogP contribution in [0.3, 0.4) is 0 Å². The van der Waals surface area contributed by atoms with Crippen LogP contribution in [0.25, 0.3) is 0 Å². The molecular weight excluding hydrogens is 240 g/mol. The third kappa shape index (κ3) is 5.49. The lowest BCUT2D eigenvalue weighted by atomic mass is 10.0. The molecule has 0 aromatic carbocycles. The zero-order valence-electron chi connectivity index (χ0n) is 12.0. The molecule has 2 N–H and O–H groups in total. The fraction of sp³-hybridized carbons (Fsp3) is 0.933. The maximum atomic E-state index is 11.9. The van der Waals surface area contributed by atoms with Gasteiger partial charge in [0.2, 0.25) is 5.91 Å². The van der Waals surface area contributed by atoms with Crippen LogP contribution in [0.5, 0.6) is 0 Å². The fourth-order valence-corrected chi connectivity index (χ4v) is 3.01. The number of ether oxygens (including phenoxy) is 1. The molecular formula is C15H28N2O2. The summed E-state index contributed by atoms with van der Waals surface area (Å²) >= 11 is 0. The molecule has 1 saturated carbocycles. The Bertz CT molecular complexity index is 257. The van der Waals surface area contributed by atoms with Gasteiger partial charge in [0, 0.05) is 6.54 Å². The lowest BCUT2D eigenvalue weighted by Crippen LogP contribution is -2.47. The first-order chi connectivity index (χ1) is 9.36. The summed E-state index contributed by atoms with van der Waals surface area (Å²) in [7, 11) is 0. The fourth-order valence-electron chi connectivity index (χ4n) is 3.01. The van der Waals surface area contributed by atoms with Crippen LogP contribution >= 0.6 is 0 Å². The molecule has 4 nitrogen and oxygen atoms in total. The van der Waals surface area contributed by atoms with Crippen LogP contribution < -0.4 is 10.6 Å². The van der Waals surface area contributed by atoms with Crippen molar-refractivity contribution in [2.45, 2.75) is 69.9 Å². The van der Waals surface area contributed by atoms with E-state index in [2.05, 4.69) is 10.6 Å².